The zero-order valence-corrected chi connectivity index (χ0v) is 9.35. The van der Waals surface area contributed by atoms with Gasteiger partial charge in [0, 0.05) is 25.7 Å². The monoisotopic (exact) mass is 264 g/mol. The van der Waals surface area contributed by atoms with Gasteiger partial charge >= 0.3 is 6.36 Å². The van der Waals surface area contributed by atoms with Gasteiger partial charge in [0.1, 0.15) is 0 Å². The fourth-order valence-electron chi connectivity index (χ4n) is 1.83. The molecule has 100 valence electrons. The summed E-state index contributed by atoms with van der Waals surface area (Å²) in [4.78, 5) is 0. The van der Waals surface area contributed by atoms with Gasteiger partial charge in [-0.25, -0.2) is 4.39 Å². The summed E-state index contributed by atoms with van der Waals surface area (Å²) in [5.74, 6) is -1.83. The van der Waals surface area contributed by atoms with Crippen LogP contribution in [0, 0.1) is 5.82 Å². The molecular weight excluding hydrogens is 252 g/mol. The average molecular weight is 264 g/mol. The Bertz CT molecular complexity index is 416. The van der Waals surface area contributed by atoms with Crippen LogP contribution >= 0.6 is 0 Å². The van der Waals surface area contributed by atoms with Crippen molar-refractivity contribution >= 4 is 0 Å². The highest BCUT2D eigenvalue weighted by atomic mass is 19.4. The van der Waals surface area contributed by atoms with Crippen LogP contribution in [-0.4, -0.2) is 26.0 Å². The molecular formula is C11H12F4N2O. The number of halogens is 4. The predicted molar refractivity (Wildman–Crippen MR) is 56.7 cm³/mol. The maximum Gasteiger partial charge on any atom is 0.573 e. The number of nitrogens with one attached hydrogen (secondary N) is 2. The van der Waals surface area contributed by atoms with E-state index in [9.17, 15) is 17.6 Å². The molecule has 18 heavy (non-hydrogen) atoms. The molecule has 1 fully saturated rings. The summed E-state index contributed by atoms with van der Waals surface area (Å²) in [5, 5.41) is 6.25. The second-order valence-electron chi connectivity index (χ2n) is 3.95. The Morgan fingerprint density at radius 1 is 1.22 bits per heavy atom. The summed E-state index contributed by atoms with van der Waals surface area (Å²) in [6, 6.07) is 3.38. The van der Waals surface area contributed by atoms with Crippen molar-refractivity contribution in [3.63, 3.8) is 0 Å². The zero-order valence-electron chi connectivity index (χ0n) is 9.35. The SMILES string of the molecule is Fc1cc([C@H]2CNCCN2)ccc1OC(F)(F)F. The number of benzene rings is 1. The van der Waals surface area contributed by atoms with Crippen molar-refractivity contribution in [2.45, 2.75) is 12.4 Å². The Morgan fingerprint density at radius 2 is 2.00 bits per heavy atom. The van der Waals surface area contributed by atoms with Gasteiger partial charge in [0.2, 0.25) is 0 Å². The summed E-state index contributed by atoms with van der Waals surface area (Å²) in [5.41, 5.74) is 0.592. The molecule has 1 aliphatic rings. The molecule has 2 rings (SSSR count). The third-order valence-electron chi connectivity index (χ3n) is 2.62. The van der Waals surface area contributed by atoms with Crippen LogP contribution in [0.4, 0.5) is 17.6 Å². The predicted octanol–water partition coefficient (Wildman–Crippen LogP) is 1.96. The van der Waals surface area contributed by atoms with Gasteiger partial charge in [-0.15, -0.1) is 13.2 Å². The van der Waals surface area contributed by atoms with Crippen molar-refractivity contribution < 1.29 is 22.3 Å². The van der Waals surface area contributed by atoms with Gasteiger partial charge in [0.15, 0.2) is 11.6 Å². The Hall–Kier alpha value is -1.34. The number of ether oxygens (including phenoxy) is 1. The summed E-state index contributed by atoms with van der Waals surface area (Å²) in [7, 11) is 0. The van der Waals surface area contributed by atoms with Crippen molar-refractivity contribution in [3.8, 4) is 5.75 Å². The normalized spacial score (nSPS) is 20.8. The molecule has 1 aromatic carbocycles. The smallest absolute Gasteiger partial charge is 0.403 e. The first-order valence-electron chi connectivity index (χ1n) is 5.45. The summed E-state index contributed by atoms with van der Waals surface area (Å²) in [6.07, 6.45) is -4.88. The van der Waals surface area contributed by atoms with Crippen LogP contribution in [-0.2, 0) is 0 Å². The highest BCUT2D eigenvalue weighted by Crippen LogP contribution is 2.27. The Morgan fingerprint density at radius 3 is 2.56 bits per heavy atom. The standard InChI is InChI=1S/C11H12F4N2O/c12-8-5-7(9-6-16-3-4-17-9)1-2-10(8)18-11(13,14)15/h1-2,5,9,16-17H,3-4,6H2/t9-/m1/s1. The van der Waals surface area contributed by atoms with E-state index >= 15 is 0 Å². The average Bonchev–Trinajstić information content (AvgIpc) is 2.31. The van der Waals surface area contributed by atoms with Gasteiger partial charge in [-0.2, -0.15) is 0 Å². The van der Waals surface area contributed by atoms with Crippen LogP contribution in [0.5, 0.6) is 5.75 Å². The molecule has 1 aromatic rings. The number of alkyl halides is 3. The van der Waals surface area contributed by atoms with Gasteiger partial charge in [-0.1, -0.05) is 6.07 Å². The lowest BCUT2D eigenvalue weighted by molar-refractivity contribution is -0.275. The van der Waals surface area contributed by atoms with E-state index in [-0.39, 0.29) is 6.04 Å². The highest BCUT2D eigenvalue weighted by Gasteiger charge is 2.32. The molecule has 0 unspecified atom stereocenters. The first-order chi connectivity index (χ1) is 8.46. The molecule has 1 saturated heterocycles. The molecule has 0 radical (unpaired) electrons. The minimum Gasteiger partial charge on any atom is -0.403 e. The van der Waals surface area contributed by atoms with E-state index in [0.717, 1.165) is 25.2 Å². The lowest BCUT2D eigenvalue weighted by Gasteiger charge is -2.25. The molecule has 0 saturated carbocycles. The van der Waals surface area contributed by atoms with E-state index in [1.165, 1.54) is 6.07 Å². The van der Waals surface area contributed by atoms with Crippen molar-refractivity contribution in [3.05, 3.63) is 29.6 Å². The molecule has 0 bridgehead atoms. The Kier molecular flexibility index (Phi) is 3.72. The number of hydrogen-bond donors (Lipinski definition) is 2. The molecule has 0 amide bonds. The lowest BCUT2D eigenvalue weighted by Crippen LogP contribution is -2.42. The van der Waals surface area contributed by atoms with Gasteiger partial charge in [-0.05, 0) is 17.7 Å². The minimum absolute atomic E-state index is 0.104. The van der Waals surface area contributed by atoms with E-state index in [0.29, 0.717) is 12.1 Å². The zero-order chi connectivity index (χ0) is 13.2. The number of hydrogen-bond acceptors (Lipinski definition) is 3. The fourth-order valence-corrected chi connectivity index (χ4v) is 1.83. The van der Waals surface area contributed by atoms with Crippen LogP contribution in [0.25, 0.3) is 0 Å². The van der Waals surface area contributed by atoms with Crippen LogP contribution < -0.4 is 15.4 Å². The van der Waals surface area contributed by atoms with E-state index < -0.39 is 17.9 Å². The van der Waals surface area contributed by atoms with E-state index in [4.69, 9.17) is 0 Å². The van der Waals surface area contributed by atoms with E-state index in [2.05, 4.69) is 15.4 Å². The Labute approximate surface area is 101 Å². The Balaban J connectivity index is 2.13. The summed E-state index contributed by atoms with van der Waals surface area (Å²) in [6.45, 7) is 2.15. The lowest BCUT2D eigenvalue weighted by atomic mass is 10.1. The second-order valence-corrected chi connectivity index (χ2v) is 3.95. The first kappa shape index (κ1) is 13.1. The molecule has 2 N–H and O–H groups in total. The van der Waals surface area contributed by atoms with Crippen LogP contribution in [0.3, 0.4) is 0 Å². The van der Waals surface area contributed by atoms with Crippen molar-refractivity contribution in [2.75, 3.05) is 19.6 Å². The van der Waals surface area contributed by atoms with Crippen molar-refractivity contribution in [1.82, 2.24) is 10.6 Å². The molecule has 1 aliphatic heterocycles. The summed E-state index contributed by atoms with van der Waals surface area (Å²) < 4.78 is 52.9. The van der Waals surface area contributed by atoms with Crippen molar-refractivity contribution in [1.29, 1.82) is 0 Å². The van der Waals surface area contributed by atoms with Gasteiger partial charge in [-0.3, -0.25) is 0 Å². The molecule has 1 heterocycles. The first-order valence-corrected chi connectivity index (χ1v) is 5.45. The number of rotatable bonds is 2. The minimum atomic E-state index is -4.88. The molecule has 1 atom stereocenters. The van der Waals surface area contributed by atoms with E-state index in [1.807, 2.05) is 0 Å². The third-order valence-corrected chi connectivity index (χ3v) is 2.62. The maximum absolute atomic E-state index is 13.5. The highest BCUT2D eigenvalue weighted by molar-refractivity contribution is 5.31. The van der Waals surface area contributed by atoms with E-state index in [1.54, 1.807) is 0 Å². The molecule has 0 spiro atoms. The fraction of sp³-hybridized carbons (Fsp3) is 0.455. The van der Waals surface area contributed by atoms with Crippen molar-refractivity contribution in [2.24, 2.45) is 0 Å². The molecule has 0 aromatic heterocycles. The largest absolute Gasteiger partial charge is 0.573 e. The second kappa shape index (κ2) is 5.11. The topological polar surface area (TPSA) is 33.3 Å². The molecule has 7 heteroatoms. The van der Waals surface area contributed by atoms with Crippen LogP contribution in [0.1, 0.15) is 11.6 Å². The van der Waals surface area contributed by atoms with Gasteiger partial charge < -0.3 is 15.4 Å². The number of piperazine rings is 1. The molecule has 0 aliphatic carbocycles. The third kappa shape index (κ3) is 3.33. The van der Waals surface area contributed by atoms with Gasteiger partial charge in [0.25, 0.3) is 0 Å². The molecule has 3 nitrogen and oxygen atoms in total. The maximum atomic E-state index is 13.5. The van der Waals surface area contributed by atoms with Crippen LogP contribution in [0.2, 0.25) is 0 Å². The van der Waals surface area contributed by atoms with Crippen LogP contribution in [0.15, 0.2) is 18.2 Å². The summed E-state index contributed by atoms with van der Waals surface area (Å²) >= 11 is 0. The quantitative estimate of drug-likeness (QED) is 0.801. The van der Waals surface area contributed by atoms with Gasteiger partial charge in [0.05, 0.1) is 0 Å².